The molecule has 2 aromatic carbocycles. The fraction of sp³-hybridized carbons (Fsp3) is 0.250. The molecule has 0 bridgehead atoms. The summed E-state index contributed by atoms with van der Waals surface area (Å²) in [6, 6.07) is 11.0. The zero-order chi connectivity index (χ0) is 14.8. The number of hydrogen-bond acceptors (Lipinski definition) is 2. The van der Waals surface area contributed by atoms with Gasteiger partial charge < -0.3 is 10.6 Å². The highest BCUT2D eigenvalue weighted by atomic mass is 16.1. The number of benzene rings is 2. The Labute approximate surface area is 118 Å². The van der Waals surface area contributed by atoms with Crippen LogP contribution in [0, 0.1) is 0 Å². The van der Waals surface area contributed by atoms with Crippen molar-refractivity contribution in [2.24, 2.45) is 0 Å². The van der Waals surface area contributed by atoms with Gasteiger partial charge in [0, 0.05) is 22.2 Å². The monoisotopic (exact) mass is 270 g/mol. The molecule has 0 fully saturated rings. The lowest BCUT2D eigenvalue weighted by Crippen LogP contribution is -2.40. The molecule has 0 aliphatic heterocycles. The van der Waals surface area contributed by atoms with E-state index >= 15 is 0 Å². The molecule has 2 aromatic rings. The molecule has 4 heteroatoms. The minimum atomic E-state index is -0.294. The van der Waals surface area contributed by atoms with E-state index in [0.29, 0.717) is 17.7 Å². The Morgan fingerprint density at radius 1 is 1.05 bits per heavy atom. The van der Waals surface area contributed by atoms with Gasteiger partial charge in [-0.15, -0.1) is 0 Å². The molecular weight excluding hydrogens is 252 g/mol. The average molecular weight is 270 g/mol. The Hall–Kier alpha value is -2.36. The summed E-state index contributed by atoms with van der Waals surface area (Å²) in [5.74, 6) is -0.119. The Bertz CT molecular complexity index is 657. The smallest absolute Gasteiger partial charge is 0.252 e. The van der Waals surface area contributed by atoms with Crippen LogP contribution in [0.2, 0.25) is 0 Å². The summed E-state index contributed by atoms with van der Waals surface area (Å²) in [7, 11) is 0. The molecule has 0 radical (unpaired) electrons. The van der Waals surface area contributed by atoms with Gasteiger partial charge in [0.25, 0.3) is 5.91 Å². The predicted molar refractivity (Wildman–Crippen MR) is 80.9 cm³/mol. The molecule has 2 N–H and O–H groups in total. The molecule has 2 amide bonds. The van der Waals surface area contributed by atoms with Crippen LogP contribution in [-0.4, -0.2) is 17.9 Å². The largest absolute Gasteiger partial charge is 0.347 e. The Kier molecular flexibility index (Phi) is 3.74. The minimum Gasteiger partial charge on any atom is -0.347 e. The van der Waals surface area contributed by atoms with Crippen molar-refractivity contribution in [3.63, 3.8) is 0 Å². The Balaban J connectivity index is 2.53. The van der Waals surface area contributed by atoms with Crippen molar-refractivity contribution in [1.29, 1.82) is 0 Å². The lowest BCUT2D eigenvalue weighted by Gasteiger charge is -2.21. The molecule has 0 heterocycles. The third kappa shape index (κ3) is 2.96. The van der Waals surface area contributed by atoms with E-state index in [4.69, 9.17) is 0 Å². The van der Waals surface area contributed by atoms with Gasteiger partial charge in [-0.25, -0.2) is 0 Å². The van der Waals surface area contributed by atoms with E-state index in [2.05, 4.69) is 10.6 Å². The number of nitrogens with one attached hydrogen (secondary N) is 2. The first-order valence-corrected chi connectivity index (χ1v) is 6.47. The van der Waals surface area contributed by atoms with E-state index in [-0.39, 0.29) is 11.4 Å². The molecule has 0 aliphatic carbocycles. The molecule has 0 saturated carbocycles. The van der Waals surface area contributed by atoms with Crippen LogP contribution in [-0.2, 0) is 4.79 Å². The quantitative estimate of drug-likeness (QED) is 0.842. The molecule has 2 rings (SSSR count). The number of hydrogen-bond donors (Lipinski definition) is 2. The van der Waals surface area contributed by atoms with Gasteiger partial charge in [-0.05, 0) is 38.3 Å². The number of carbonyl (C=O) groups is 2. The lowest BCUT2D eigenvalue weighted by molar-refractivity contribution is -0.105. The SMILES string of the molecule is CC(C)(C)NC(=O)c1ccc(NC=O)c2ccccc12. The van der Waals surface area contributed by atoms with Gasteiger partial charge in [0.05, 0.1) is 0 Å². The number of amides is 2. The second kappa shape index (κ2) is 5.33. The van der Waals surface area contributed by atoms with Gasteiger partial charge in [0.15, 0.2) is 0 Å². The second-order valence-electron chi connectivity index (χ2n) is 5.67. The molecule has 0 aromatic heterocycles. The van der Waals surface area contributed by atoms with E-state index in [1.165, 1.54) is 0 Å². The van der Waals surface area contributed by atoms with Crippen LogP contribution in [0.15, 0.2) is 36.4 Å². The van der Waals surface area contributed by atoms with Crippen LogP contribution in [0.4, 0.5) is 5.69 Å². The first-order valence-electron chi connectivity index (χ1n) is 6.47. The first kappa shape index (κ1) is 14.1. The van der Waals surface area contributed by atoms with E-state index in [1.54, 1.807) is 12.1 Å². The van der Waals surface area contributed by atoms with E-state index in [9.17, 15) is 9.59 Å². The standard InChI is InChI=1S/C16H18N2O2/c1-16(2,3)18-15(20)13-8-9-14(17-10-19)12-7-5-4-6-11(12)13/h4-10H,1-3H3,(H,17,19)(H,18,20). The first-order chi connectivity index (χ1) is 9.42. The molecule has 0 saturated heterocycles. The number of carbonyl (C=O) groups excluding carboxylic acids is 2. The summed E-state index contributed by atoms with van der Waals surface area (Å²) in [5, 5.41) is 7.27. The molecule has 0 aliphatic rings. The maximum Gasteiger partial charge on any atom is 0.252 e. The van der Waals surface area contributed by atoms with Crippen LogP contribution in [0.1, 0.15) is 31.1 Å². The van der Waals surface area contributed by atoms with E-state index < -0.39 is 0 Å². The highest BCUT2D eigenvalue weighted by molar-refractivity contribution is 6.11. The van der Waals surface area contributed by atoms with Crippen molar-refractivity contribution in [2.75, 3.05) is 5.32 Å². The van der Waals surface area contributed by atoms with E-state index in [1.807, 2.05) is 45.0 Å². The molecule has 104 valence electrons. The summed E-state index contributed by atoms with van der Waals surface area (Å²) >= 11 is 0. The minimum absolute atomic E-state index is 0.119. The predicted octanol–water partition coefficient (Wildman–Crippen LogP) is 2.94. The van der Waals surface area contributed by atoms with Crippen molar-refractivity contribution >= 4 is 28.8 Å². The third-order valence-corrected chi connectivity index (χ3v) is 2.87. The molecule has 0 spiro atoms. The summed E-state index contributed by atoms with van der Waals surface area (Å²) in [4.78, 5) is 23.0. The average Bonchev–Trinajstić information content (AvgIpc) is 2.37. The van der Waals surface area contributed by atoms with Crippen molar-refractivity contribution in [3.8, 4) is 0 Å². The molecule has 0 unspecified atom stereocenters. The Morgan fingerprint density at radius 2 is 1.70 bits per heavy atom. The van der Waals surface area contributed by atoms with Crippen molar-refractivity contribution in [2.45, 2.75) is 26.3 Å². The fourth-order valence-electron chi connectivity index (χ4n) is 2.09. The van der Waals surface area contributed by atoms with Crippen LogP contribution >= 0.6 is 0 Å². The van der Waals surface area contributed by atoms with Crippen molar-refractivity contribution in [1.82, 2.24) is 5.32 Å². The van der Waals surface area contributed by atoms with Crippen LogP contribution in [0.3, 0.4) is 0 Å². The highest BCUT2D eigenvalue weighted by Crippen LogP contribution is 2.26. The maximum absolute atomic E-state index is 12.3. The number of fused-ring (bicyclic) bond motifs is 1. The normalized spacial score (nSPS) is 11.2. The fourth-order valence-corrected chi connectivity index (χ4v) is 2.09. The van der Waals surface area contributed by atoms with Crippen LogP contribution in [0.25, 0.3) is 10.8 Å². The van der Waals surface area contributed by atoms with Gasteiger partial charge >= 0.3 is 0 Å². The van der Waals surface area contributed by atoms with Crippen molar-refractivity contribution in [3.05, 3.63) is 42.0 Å². The number of rotatable bonds is 3. The molecule has 0 atom stereocenters. The zero-order valence-corrected chi connectivity index (χ0v) is 11.9. The van der Waals surface area contributed by atoms with Gasteiger partial charge in [-0.1, -0.05) is 24.3 Å². The molecule has 20 heavy (non-hydrogen) atoms. The topological polar surface area (TPSA) is 58.2 Å². The summed E-state index contributed by atoms with van der Waals surface area (Å²) in [6.45, 7) is 5.82. The summed E-state index contributed by atoms with van der Waals surface area (Å²) in [6.07, 6.45) is 0.636. The van der Waals surface area contributed by atoms with Crippen molar-refractivity contribution < 1.29 is 9.59 Å². The zero-order valence-electron chi connectivity index (χ0n) is 11.9. The molecule has 4 nitrogen and oxygen atoms in total. The van der Waals surface area contributed by atoms with Crippen LogP contribution in [0.5, 0.6) is 0 Å². The van der Waals surface area contributed by atoms with Crippen LogP contribution < -0.4 is 10.6 Å². The second-order valence-corrected chi connectivity index (χ2v) is 5.67. The number of anilines is 1. The third-order valence-electron chi connectivity index (χ3n) is 2.87. The van der Waals surface area contributed by atoms with Gasteiger partial charge in [0.1, 0.15) is 0 Å². The highest BCUT2D eigenvalue weighted by Gasteiger charge is 2.17. The molecular formula is C16H18N2O2. The summed E-state index contributed by atoms with van der Waals surface area (Å²) in [5.41, 5.74) is 1.01. The van der Waals surface area contributed by atoms with Gasteiger partial charge in [-0.2, -0.15) is 0 Å². The van der Waals surface area contributed by atoms with Gasteiger partial charge in [-0.3, -0.25) is 9.59 Å². The Morgan fingerprint density at radius 3 is 2.30 bits per heavy atom. The summed E-state index contributed by atoms with van der Waals surface area (Å²) < 4.78 is 0. The maximum atomic E-state index is 12.3. The lowest BCUT2D eigenvalue weighted by atomic mass is 10.0. The van der Waals surface area contributed by atoms with E-state index in [0.717, 1.165) is 10.8 Å². The van der Waals surface area contributed by atoms with Gasteiger partial charge in [0.2, 0.25) is 6.41 Å².